The molecule has 1 aliphatic heterocycles. The van der Waals surface area contributed by atoms with Gasteiger partial charge in [-0.3, -0.25) is 0 Å². The van der Waals surface area contributed by atoms with Gasteiger partial charge in [0.25, 0.3) is 0 Å². The molecule has 1 heterocycles. The monoisotopic (exact) mass is 378 g/mol. The lowest BCUT2D eigenvalue weighted by atomic mass is 9.99. The number of rotatable bonds is 2. The van der Waals surface area contributed by atoms with Crippen LogP contribution in [0.15, 0.2) is 42.5 Å². The second-order valence-electron chi connectivity index (χ2n) is 5.33. The summed E-state index contributed by atoms with van der Waals surface area (Å²) < 4.78 is 1.31. The molecule has 3 rings (SSSR count). The highest BCUT2D eigenvalue weighted by Crippen LogP contribution is 2.28. The lowest BCUT2D eigenvalue weighted by Gasteiger charge is -2.20. The molecule has 2 aromatic carbocycles. The topological polar surface area (TPSA) is 24.1 Å². The van der Waals surface area contributed by atoms with Crippen molar-refractivity contribution in [3.8, 4) is 0 Å². The molecule has 0 aliphatic carbocycles. The predicted octanol–water partition coefficient (Wildman–Crippen LogP) is 4.25. The SMILES string of the molecule is Cc1ccc(NC2CCNCc3ccccc32)cc1I. The minimum absolute atomic E-state index is 0.389. The van der Waals surface area contributed by atoms with Gasteiger partial charge in [0.2, 0.25) is 0 Å². The van der Waals surface area contributed by atoms with Gasteiger partial charge in [-0.05, 0) is 71.3 Å². The Kier molecular flexibility index (Phi) is 4.27. The van der Waals surface area contributed by atoms with Crippen molar-refractivity contribution in [1.82, 2.24) is 5.32 Å². The van der Waals surface area contributed by atoms with Gasteiger partial charge in [-0.1, -0.05) is 30.3 Å². The Morgan fingerprint density at radius 1 is 1.20 bits per heavy atom. The Bertz CT molecular complexity index is 610. The molecule has 104 valence electrons. The number of benzene rings is 2. The largest absolute Gasteiger partial charge is 0.378 e. The van der Waals surface area contributed by atoms with Crippen molar-refractivity contribution in [2.45, 2.75) is 25.9 Å². The standard InChI is InChI=1S/C17H19IN2/c1-12-6-7-14(10-16(12)18)20-17-8-9-19-11-13-4-2-3-5-15(13)17/h2-7,10,17,19-20H,8-9,11H2,1H3. The Balaban J connectivity index is 1.88. The first-order valence-electron chi connectivity index (χ1n) is 7.05. The second kappa shape index (κ2) is 6.14. The number of hydrogen-bond acceptors (Lipinski definition) is 2. The van der Waals surface area contributed by atoms with E-state index in [1.807, 2.05) is 0 Å². The normalized spacial score (nSPS) is 18.2. The van der Waals surface area contributed by atoms with Crippen LogP contribution in [-0.4, -0.2) is 6.54 Å². The molecule has 0 fully saturated rings. The van der Waals surface area contributed by atoms with Crippen molar-refractivity contribution < 1.29 is 0 Å². The molecule has 0 spiro atoms. The maximum absolute atomic E-state index is 3.70. The first-order chi connectivity index (χ1) is 9.74. The summed E-state index contributed by atoms with van der Waals surface area (Å²) in [7, 11) is 0. The minimum atomic E-state index is 0.389. The molecule has 0 aromatic heterocycles. The summed E-state index contributed by atoms with van der Waals surface area (Å²) in [4.78, 5) is 0. The molecular weight excluding hydrogens is 359 g/mol. The van der Waals surface area contributed by atoms with Crippen LogP contribution in [0.5, 0.6) is 0 Å². The predicted molar refractivity (Wildman–Crippen MR) is 93.0 cm³/mol. The van der Waals surface area contributed by atoms with Crippen LogP contribution in [0.3, 0.4) is 0 Å². The molecule has 3 heteroatoms. The molecule has 2 N–H and O–H groups in total. The zero-order valence-electron chi connectivity index (χ0n) is 11.6. The van der Waals surface area contributed by atoms with Crippen LogP contribution < -0.4 is 10.6 Å². The second-order valence-corrected chi connectivity index (χ2v) is 6.49. The van der Waals surface area contributed by atoms with Gasteiger partial charge < -0.3 is 10.6 Å². The summed E-state index contributed by atoms with van der Waals surface area (Å²) >= 11 is 2.40. The summed E-state index contributed by atoms with van der Waals surface area (Å²) in [6.07, 6.45) is 1.11. The van der Waals surface area contributed by atoms with Gasteiger partial charge >= 0.3 is 0 Å². The van der Waals surface area contributed by atoms with E-state index in [1.165, 1.54) is 25.9 Å². The van der Waals surface area contributed by atoms with E-state index in [1.54, 1.807) is 0 Å². The fourth-order valence-corrected chi connectivity index (χ4v) is 3.21. The van der Waals surface area contributed by atoms with Crippen molar-refractivity contribution in [2.75, 3.05) is 11.9 Å². The average molecular weight is 378 g/mol. The average Bonchev–Trinajstić information content (AvgIpc) is 2.66. The molecule has 0 bridgehead atoms. The van der Waals surface area contributed by atoms with Gasteiger partial charge in [0.05, 0.1) is 6.04 Å². The summed E-state index contributed by atoms with van der Waals surface area (Å²) in [5.74, 6) is 0. The first kappa shape index (κ1) is 13.9. The third-order valence-corrected chi connectivity index (χ3v) is 5.03. The van der Waals surface area contributed by atoms with Crippen LogP contribution in [0, 0.1) is 10.5 Å². The van der Waals surface area contributed by atoms with E-state index in [0.29, 0.717) is 6.04 Å². The van der Waals surface area contributed by atoms with E-state index < -0.39 is 0 Å². The fraction of sp³-hybridized carbons (Fsp3) is 0.294. The Hall–Kier alpha value is -1.07. The molecule has 0 saturated heterocycles. The minimum Gasteiger partial charge on any atom is -0.378 e. The highest BCUT2D eigenvalue weighted by molar-refractivity contribution is 14.1. The number of hydrogen-bond donors (Lipinski definition) is 2. The zero-order valence-corrected chi connectivity index (χ0v) is 13.8. The molecule has 0 saturated carbocycles. The molecule has 2 aromatic rings. The lowest BCUT2D eigenvalue weighted by molar-refractivity contribution is 0.637. The van der Waals surface area contributed by atoms with E-state index in [9.17, 15) is 0 Å². The highest BCUT2D eigenvalue weighted by atomic mass is 127. The Morgan fingerprint density at radius 3 is 2.90 bits per heavy atom. The number of nitrogens with one attached hydrogen (secondary N) is 2. The van der Waals surface area contributed by atoms with Gasteiger partial charge in [-0.15, -0.1) is 0 Å². The van der Waals surface area contributed by atoms with Crippen LogP contribution in [0.4, 0.5) is 5.69 Å². The van der Waals surface area contributed by atoms with Crippen LogP contribution in [0.2, 0.25) is 0 Å². The molecule has 1 unspecified atom stereocenters. The molecule has 0 amide bonds. The van der Waals surface area contributed by atoms with Crippen molar-refractivity contribution in [3.05, 3.63) is 62.7 Å². The van der Waals surface area contributed by atoms with Crippen LogP contribution in [0.1, 0.15) is 29.2 Å². The van der Waals surface area contributed by atoms with E-state index in [0.717, 1.165) is 19.5 Å². The maximum atomic E-state index is 3.70. The Morgan fingerprint density at radius 2 is 2.05 bits per heavy atom. The quantitative estimate of drug-likeness (QED) is 0.764. The van der Waals surface area contributed by atoms with Crippen molar-refractivity contribution in [2.24, 2.45) is 0 Å². The molecule has 20 heavy (non-hydrogen) atoms. The van der Waals surface area contributed by atoms with E-state index in [-0.39, 0.29) is 0 Å². The van der Waals surface area contributed by atoms with Crippen LogP contribution in [0.25, 0.3) is 0 Å². The number of halogens is 1. The molecule has 2 nitrogen and oxygen atoms in total. The summed E-state index contributed by atoms with van der Waals surface area (Å²) in [6.45, 7) is 4.17. The van der Waals surface area contributed by atoms with E-state index in [4.69, 9.17) is 0 Å². The van der Waals surface area contributed by atoms with Gasteiger partial charge in [0.15, 0.2) is 0 Å². The van der Waals surface area contributed by atoms with Gasteiger partial charge in [-0.2, -0.15) is 0 Å². The zero-order chi connectivity index (χ0) is 13.9. The number of aryl methyl sites for hydroxylation is 1. The number of anilines is 1. The van der Waals surface area contributed by atoms with Gasteiger partial charge in [0.1, 0.15) is 0 Å². The summed E-state index contributed by atoms with van der Waals surface area (Å²) in [5, 5.41) is 7.20. The Labute approximate surface area is 134 Å². The van der Waals surface area contributed by atoms with Crippen LogP contribution >= 0.6 is 22.6 Å². The number of fused-ring (bicyclic) bond motifs is 1. The van der Waals surface area contributed by atoms with Crippen molar-refractivity contribution in [3.63, 3.8) is 0 Å². The van der Waals surface area contributed by atoms with Crippen LogP contribution in [-0.2, 0) is 6.54 Å². The summed E-state index contributed by atoms with van der Waals surface area (Å²) in [5.41, 5.74) is 5.37. The third-order valence-electron chi connectivity index (χ3n) is 3.87. The van der Waals surface area contributed by atoms with Crippen molar-refractivity contribution >= 4 is 28.3 Å². The first-order valence-corrected chi connectivity index (χ1v) is 8.13. The molecular formula is C17H19IN2. The maximum Gasteiger partial charge on any atom is 0.0529 e. The molecule has 1 atom stereocenters. The van der Waals surface area contributed by atoms with E-state index >= 15 is 0 Å². The van der Waals surface area contributed by atoms with Gasteiger partial charge in [0, 0.05) is 15.8 Å². The molecule has 1 aliphatic rings. The van der Waals surface area contributed by atoms with Gasteiger partial charge in [-0.25, -0.2) is 0 Å². The summed E-state index contributed by atoms with van der Waals surface area (Å²) in [6, 6.07) is 15.7. The third kappa shape index (κ3) is 2.99. The van der Waals surface area contributed by atoms with E-state index in [2.05, 4.69) is 82.6 Å². The lowest BCUT2D eigenvalue weighted by Crippen LogP contribution is -2.15. The molecule has 0 radical (unpaired) electrons. The fourth-order valence-electron chi connectivity index (χ4n) is 2.69. The highest BCUT2D eigenvalue weighted by Gasteiger charge is 2.17. The van der Waals surface area contributed by atoms with Crippen molar-refractivity contribution in [1.29, 1.82) is 0 Å². The smallest absolute Gasteiger partial charge is 0.0529 e.